The Morgan fingerprint density at radius 3 is 3.18 bits per heavy atom. The molecule has 2 heterocycles. The summed E-state index contributed by atoms with van der Waals surface area (Å²) in [7, 11) is 0. The fraction of sp³-hybridized carbons (Fsp3) is 0.545. The molecule has 1 aliphatic rings. The maximum absolute atomic E-state index is 11.5. The van der Waals surface area contributed by atoms with Gasteiger partial charge in [0, 0.05) is 24.8 Å². The number of hydrogen-bond acceptors (Lipinski definition) is 5. The number of nitrogens with zero attached hydrogens (tertiary/aromatic N) is 3. The molecule has 1 amide bonds. The number of nitrogens with one attached hydrogen (secondary N) is 1. The number of rotatable bonds is 2. The topological polar surface area (TPSA) is 84.1 Å². The van der Waals surface area contributed by atoms with Crippen molar-refractivity contribution in [2.75, 3.05) is 30.3 Å². The Balaban J connectivity index is 2.30. The highest BCUT2D eigenvalue weighted by molar-refractivity contribution is 5.81. The fourth-order valence-corrected chi connectivity index (χ4v) is 1.92. The number of nitrogen functional groups attached to an aromatic ring is 1. The van der Waals surface area contributed by atoms with Gasteiger partial charge in [0.2, 0.25) is 11.9 Å². The van der Waals surface area contributed by atoms with Crippen molar-refractivity contribution in [1.82, 2.24) is 15.3 Å². The summed E-state index contributed by atoms with van der Waals surface area (Å²) >= 11 is 0. The zero-order chi connectivity index (χ0) is 12.3. The Morgan fingerprint density at radius 1 is 1.59 bits per heavy atom. The van der Waals surface area contributed by atoms with Crippen LogP contribution in [-0.2, 0) is 11.2 Å². The standard InChI is InChI=1S/C11H17N5O/c1-2-8-6-14-11(12)15-10(8)16-5-3-4-13-9(17)7-16/h6H,2-5,7H2,1H3,(H,13,17)(H2,12,14,15). The fourth-order valence-electron chi connectivity index (χ4n) is 1.92. The maximum atomic E-state index is 11.5. The summed E-state index contributed by atoms with van der Waals surface area (Å²) in [5.41, 5.74) is 6.64. The van der Waals surface area contributed by atoms with Crippen molar-refractivity contribution in [3.63, 3.8) is 0 Å². The summed E-state index contributed by atoms with van der Waals surface area (Å²) in [6.45, 7) is 3.90. The second-order valence-electron chi connectivity index (χ2n) is 4.06. The van der Waals surface area contributed by atoms with Crippen molar-refractivity contribution in [2.45, 2.75) is 19.8 Å². The van der Waals surface area contributed by atoms with Crippen LogP contribution in [0, 0.1) is 0 Å². The molecule has 0 radical (unpaired) electrons. The molecular weight excluding hydrogens is 218 g/mol. The lowest BCUT2D eigenvalue weighted by molar-refractivity contribution is -0.119. The number of aromatic nitrogens is 2. The number of carbonyl (C=O) groups excluding carboxylic acids is 1. The van der Waals surface area contributed by atoms with E-state index in [0.29, 0.717) is 6.54 Å². The summed E-state index contributed by atoms with van der Waals surface area (Å²) < 4.78 is 0. The second-order valence-corrected chi connectivity index (χ2v) is 4.06. The molecule has 1 aliphatic heterocycles. The normalized spacial score (nSPS) is 16.5. The molecule has 1 saturated heterocycles. The van der Waals surface area contributed by atoms with Gasteiger partial charge in [-0.15, -0.1) is 0 Å². The molecule has 0 aliphatic carbocycles. The molecule has 0 aromatic carbocycles. The first kappa shape index (κ1) is 11.6. The van der Waals surface area contributed by atoms with E-state index in [1.807, 2.05) is 11.8 Å². The van der Waals surface area contributed by atoms with Gasteiger partial charge in [-0.25, -0.2) is 4.98 Å². The zero-order valence-electron chi connectivity index (χ0n) is 9.94. The van der Waals surface area contributed by atoms with Gasteiger partial charge in [-0.05, 0) is 12.8 Å². The van der Waals surface area contributed by atoms with Gasteiger partial charge >= 0.3 is 0 Å². The van der Waals surface area contributed by atoms with Gasteiger partial charge in [-0.2, -0.15) is 4.98 Å². The summed E-state index contributed by atoms with van der Waals surface area (Å²) in [6.07, 6.45) is 3.48. The van der Waals surface area contributed by atoms with Crippen LogP contribution >= 0.6 is 0 Å². The van der Waals surface area contributed by atoms with Crippen molar-refractivity contribution in [3.8, 4) is 0 Å². The molecule has 0 atom stereocenters. The molecule has 1 fully saturated rings. The lowest BCUT2D eigenvalue weighted by Gasteiger charge is -2.22. The van der Waals surface area contributed by atoms with Crippen LogP contribution in [-0.4, -0.2) is 35.5 Å². The number of amides is 1. The van der Waals surface area contributed by atoms with Crippen LogP contribution in [0.5, 0.6) is 0 Å². The number of aryl methyl sites for hydroxylation is 1. The Kier molecular flexibility index (Phi) is 3.41. The highest BCUT2D eigenvalue weighted by atomic mass is 16.2. The molecule has 0 bridgehead atoms. The number of carbonyl (C=O) groups is 1. The minimum atomic E-state index is 0.0294. The van der Waals surface area contributed by atoms with Crippen LogP contribution in [0.3, 0.4) is 0 Å². The minimum absolute atomic E-state index is 0.0294. The van der Waals surface area contributed by atoms with Crippen LogP contribution < -0.4 is 16.0 Å². The molecule has 6 heteroatoms. The van der Waals surface area contributed by atoms with Crippen molar-refractivity contribution in [2.24, 2.45) is 0 Å². The third-order valence-corrected chi connectivity index (χ3v) is 2.80. The van der Waals surface area contributed by atoms with Crippen LogP contribution in [0.25, 0.3) is 0 Å². The Labute approximate surface area is 100 Å². The highest BCUT2D eigenvalue weighted by Crippen LogP contribution is 2.19. The van der Waals surface area contributed by atoms with E-state index in [4.69, 9.17) is 5.73 Å². The number of anilines is 2. The molecule has 0 unspecified atom stereocenters. The monoisotopic (exact) mass is 235 g/mol. The van der Waals surface area contributed by atoms with E-state index in [-0.39, 0.29) is 11.9 Å². The molecule has 1 aromatic heterocycles. The SMILES string of the molecule is CCc1cnc(N)nc1N1CCCNC(=O)C1. The molecule has 0 saturated carbocycles. The van der Waals surface area contributed by atoms with Crippen LogP contribution in [0.15, 0.2) is 6.20 Å². The predicted molar refractivity (Wildman–Crippen MR) is 65.7 cm³/mol. The van der Waals surface area contributed by atoms with Gasteiger partial charge in [-0.1, -0.05) is 6.92 Å². The van der Waals surface area contributed by atoms with E-state index in [0.717, 1.165) is 37.3 Å². The van der Waals surface area contributed by atoms with E-state index < -0.39 is 0 Å². The average Bonchev–Trinajstić information content (AvgIpc) is 2.54. The summed E-state index contributed by atoms with van der Waals surface area (Å²) in [4.78, 5) is 21.7. The number of nitrogens with two attached hydrogens (primary N) is 1. The predicted octanol–water partition coefficient (Wildman–Crippen LogP) is -0.0525. The third-order valence-electron chi connectivity index (χ3n) is 2.80. The maximum Gasteiger partial charge on any atom is 0.239 e. The highest BCUT2D eigenvalue weighted by Gasteiger charge is 2.18. The molecule has 1 aromatic rings. The van der Waals surface area contributed by atoms with Crippen molar-refractivity contribution < 1.29 is 4.79 Å². The van der Waals surface area contributed by atoms with Crippen molar-refractivity contribution in [3.05, 3.63) is 11.8 Å². The quantitative estimate of drug-likeness (QED) is 0.750. The zero-order valence-corrected chi connectivity index (χ0v) is 9.94. The first-order chi connectivity index (χ1) is 8.20. The summed E-state index contributed by atoms with van der Waals surface area (Å²) in [6, 6.07) is 0. The van der Waals surface area contributed by atoms with E-state index in [2.05, 4.69) is 15.3 Å². The second kappa shape index (κ2) is 4.99. The summed E-state index contributed by atoms with van der Waals surface area (Å²) in [5.74, 6) is 1.07. The van der Waals surface area contributed by atoms with Gasteiger partial charge in [0.15, 0.2) is 0 Å². The van der Waals surface area contributed by atoms with Gasteiger partial charge in [0.1, 0.15) is 5.82 Å². The van der Waals surface area contributed by atoms with Gasteiger partial charge < -0.3 is 16.0 Å². The first-order valence-electron chi connectivity index (χ1n) is 5.83. The molecular formula is C11H17N5O. The Morgan fingerprint density at radius 2 is 2.41 bits per heavy atom. The number of hydrogen-bond donors (Lipinski definition) is 2. The van der Waals surface area contributed by atoms with E-state index in [1.54, 1.807) is 6.20 Å². The third kappa shape index (κ3) is 2.64. The van der Waals surface area contributed by atoms with Gasteiger partial charge in [0.25, 0.3) is 0 Å². The Bertz CT molecular complexity index is 420. The average molecular weight is 235 g/mol. The van der Waals surface area contributed by atoms with E-state index >= 15 is 0 Å². The van der Waals surface area contributed by atoms with Crippen LogP contribution in [0.1, 0.15) is 18.9 Å². The summed E-state index contributed by atoms with van der Waals surface area (Å²) in [5, 5.41) is 2.84. The van der Waals surface area contributed by atoms with Crippen LogP contribution in [0.2, 0.25) is 0 Å². The van der Waals surface area contributed by atoms with Crippen LogP contribution in [0.4, 0.5) is 11.8 Å². The van der Waals surface area contributed by atoms with Gasteiger partial charge in [-0.3, -0.25) is 4.79 Å². The van der Waals surface area contributed by atoms with E-state index in [1.165, 1.54) is 0 Å². The van der Waals surface area contributed by atoms with Gasteiger partial charge in [0.05, 0.1) is 6.54 Å². The molecule has 17 heavy (non-hydrogen) atoms. The molecule has 6 nitrogen and oxygen atoms in total. The lowest BCUT2D eigenvalue weighted by atomic mass is 10.2. The lowest BCUT2D eigenvalue weighted by Crippen LogP contribution is -2.34. The molecule has 0 spiro atoms. The first-order valence-corrected chi connectivity index (χ1v) is 5.83. The molecule has 3 N–H and O–H groups in total. The molecule has 2 rings (SSSR count). The smallest absolute Gasteiger partial charge is 0.239 e. The molecule has 92 valence electrons. The van der Waals surface area contributed by atoms with E-state index in [9.17, 15) is 4.79 Å². The minimum Gasteiger partial charge on any atom is -0.368 e. The Hall–Kier alpha value is -1.85. The van der Waals surface area contributed by atoms with Crippen molar-refractivity contribution in [1.29, 1.82) is 0 Å². The largest absolute Gasteiger partial charge is 0.368 e. The van der Waals surface area contributed by atoms with Crippen molar-refractivity contribution >= 4 is 17.7 Å².